The van der Waals surface area contributed by atoms with E-state index in [0.29, 0.717) is 13.1 Å². The molecule has 2 fully saturated rings. The van der Waals surface area contributed by atoms with E-state index < -0.39 is 11.9 Å². The average molecular weight is 398 g/mol. The van der Waals surface area contributed by atoms with Gasteiger partial charge in [-0.15, -0.1) is 0 Å². The number of anilines is 1. The summed E-state index contributed by atoms with van der Waals surface area (Å²) in [6.07, 6.45) is 2.32. The number of halogens is 4. The van der Waals surface area contributed by atoms with E-state index in [-0.39, 0.29) is 28.1 Å². The van der Waals surface area contributed by atoms with E-state index in [1.807, 2.05) is 12.1 Å². The standard InChI is InChI=1S/C19H19ClF3N3O/c20-14-4-15(16(25-7-14)19(21,22)23)26-10-18(11-26)8-17(9-18,12-27)5-13-2-1-3-24-6-13/h1-4,6-7,27H,5,8-12H2. The van der Waals surface area contributed by atoms with Crippen molar-refractivity contribution in [1.82, 2.24) is 9.97 Å². The lowest BCUT2D eigenvalue weighted by Crippen LogP contribution is -2.67. The molecule has 0 bridgehead atoms. The molecule has 1 saturated carbocycles. The van der Waals surface area contributed by atoms with Crippen LogP contribution in [0.25, 0.3) is 0 Å². The van der Waals surface area contributed by atoms with Crippen molar-refractivity contribution in [3.8, 4) is 0 Å². The summed E-state index contributed by atoms with van der Waals surface area (Å²) in [5.41, 5.74) is -0.0553. The Balaban J connectivity index is 1.46. The molecule has 1 N–H and O–H groups in total. The molecule has 0 radical (unpaired) electrons. The molecule has 0 atom stereocenters. The van der Waals surface area contributed by atoms with E-state index in [9.17, 15) is 18.3 Å². The first-order valence-electron chi connectivity index (χ1n) is 8.72. The van der Waals surface area contributed by atoms with E-state index in [4.69, 9.17) is 11.6 Å². The molecule has 0 aromatic carbocycles. The zero-order chi connectivity index (χ0) is 19.3. The van der Waals surface area contributed by atoms with Gasteiger partial charge in [0, 0.05) is 43.7 Å². The van der Waals surface area contributed by atoms with Crippen LogP contribution < -0.4 is 4.90 Å². The second kappa shape index (κ2) is 6.34. The molecule has 1 saturated heterocycles. The van der Waals surface area contributed by atoms with E-state index in [1.54, 1.807) is 17.3 Å². The monoisotopic (exact) mass is 397 g/mol. The van der Waals surface area contributed by atoms with Crippen LogP contribution >= 0.6 is 11.6 Å². The van der Waals surface area contributed by atoms with E-state index in [0.717, 1.165) is 31.0 Å². The third-order valence-corrected chi connectivity index (χ3v) is 5.84. The van der Waals surface area contributed by atoms with Gasteiger partial charge in [0.1, 0.15) is 0 Å². The number of pyridine rings is 2. The highest BCUT2D eigenvalue weighted by molar-refractivity contribution is 6.30. The summed E-state index contributed by atoms with van der Waals surface area (Å²) in [5.74, 6) is 0. The van der Waals surface area contributed by atoms with Crippen molar-refractivity contribution in [3.63, 3.8) is 0 Å². The van der Waals surface area contributed by atoms with Gasteiger partial charge in [-0.1, -0.05) is 17.7 Å². The van der Waals surface area contributed by atoms with Gasteiger partial charge in [-0.3, -0.25) is 4.98 Å². The van der Waals surface area contributed by atoms with Gasteiger partial charge in [-0.05, 0) is 42.4 Å². The first kappa shape index (κ1) is 18.5. The topological polar surface area (TPSA) is 49.3 Å². The smallest absolute Gasteiger partial charge is 0.396 e. The first-order chi connectivity index (χ1) is 12.7. The molecule has 4 rings (SSSR count). The van der Waals surface area contributed by atoms with Crippen LogP contribution in [0.15, 0.2) is 36.8 Å². The van der Waals surface area contributed by atoms with Crippen LogP contribution in [0.1, 0.15) is 24.1 Å². The number of aliphatic hydroxyl groups is 1. The summed E-state index contributed by atoms with van der Waals surface area (Å²) in [6, 6.07) is 5.18. The van der Waals surface area contributed by atoms with Crippen molar-refractivity contribution in [2.24, 2.45) is 10.8 Å². The Kier molecular flexibility index (Phi) is 4.35. The molecule has 2 aliphatic rings. The molecule has 1 aliphatic heterocycles. The largest absolute Gasteiger partial charge is 0.435 e. The van der Waals surface area contributed by atoms with Gasteiger partial charge >= 0.3 is 6.18 Å². The van der Waals surface area contributed by atoms with Crippen LogP contribution in [0.3, 0.4) is 0 Å². The number of hydrogen-bond acceptors (Lipinski definition) is 4. The molecule has 27 heavy (non-hydrogen) atoms. The molecule has 144 valence electrons. The fourth-order valence-corrected chi connectivity index (χ4v) is 4.97. The highest BCUT2D eigenvalue weighted by Crippen LogP contribution is 2.61. The van der Waals surface area contributed by atoms with Gasteiger partial charge in [-0.25, -0.2) is 4.98 Å². The maximum absolute atomic E-state index is 13.2. The summed E-state index contributed by atoms with van der Waals surface area (Å²) in [6.45, 7) is 1.11. The van der Waals surface area contributed by atoms with Crippen molar-refractivity contribution in [2.45, 2.75) is 25.4 Å². The number of hydrogen-bond donors (Lipinski definition) is 1. The summed E-state index contributed by atoms with van der Waals surface area (Å²) >= 11 is 5.87. The third kappa shape index (κ3) is 3.38. The van der Waals surface area contributed by atoms with Gasteiger partial charge in [-0.2, -0.15) is 13.2 Å². The molecule has 0 amide bonds. The summed E-state index contributed by atoms with van der Waals surface area (Å²) in [7, 11) is 0. The van der Waals surface area contributed by atoms with Crippen LogP contribution in [0, 0.1) is 10.8 Å². The molecular weight excluding hydrogens is 379 g/mol. The van der Waals surface area contributed by atoms with Crippen molar-refractivity contribution in [2.75, 3.05) is 24.6 Å². The highest BCUT2D eigenvalue weighted by Gasteiger charge is 2.60. The molecule has 8 heteroatoms. The Labute approximate surface area is 160 Å². The Morgan fingerprint density at radius 2 is 1.96 bits per heavy atom. The zero-order valence-corrected chi connectivity index (χ0v) is 15.3. The van der Waals surface area contributed by atoms with Gasteiger partial charge < -0.3 is 10.0 Å². The molecule has 0 unspecified atom stereocenters. The lowest BCUT2D eigenvalue weighted by molar-refractivity contribution is -0.141. The average Bonchev–Trinajstić information content (AvgIpc) is 2.55. The predicted octanol–water partition coefficient (Wildman–Crippen LogP) is 3.97. The van der Waals surface area contributed by atoms with Crippen molar-refractivity contribution in [3.05, 3.63) is 53.1 Å². The van der Waals surface area contributed by atoms with E-state index in [1.165, 1.54) is 6.07 Å². The van der Waals surface area contributed by atoms with Gasteiger partial charge in [0.2, 0.25) is 0 Å². The van der Waals surface area contributed by atoms with Gasteiger partial charge in [0.05, 0.1) is 10.7 Å². The maximum atomic E-state index is 13.2. The second-order valence-corrected chi connectivity index (χ2v) is 8.36. The lowest BCUT2D eigenvalue weighted by Gasteiger charge is -2.65. The normalized spacial score (nSPS) is 20.3. The lowest BCUT2D eigenvalue weighted by atomic mass is 9.48. The molecule has 2 aromatic rings. The van der Waals surface area contributed by atoms with Crippen LogP contribution in [0.5, 0.6) is 0 Å². The van der Waals surface area contributed by atoms with Crippen molar-refractivity contribution in [1.29, 1.82) is 0 Å². The van der Waals surface area contributed by atoms with Crippen LogP contribution in [0.4, 0.5) is 18.9 Å². The Morgan fingerprint density at radius 3 is 2.56 bits per heavy atom. The van der Waals surface area contributed by atoms with Crippen molar-refractivity contribution >= 4 is 17.3 Å². The first-order valence-corrected chi connectivity index (χ1v) is 9.10. The summed E-state index contributed by atoms with van der Waals surface area (Å²) < 4.78 is 39.7. The Bertz CT molecular complexity index is 830. The molecule has 3 heterocycles. The molecule has 4 nitrogen and oxygen atoms in total. The zero-order valence-electron chi connectivity index (χ0n) is 14.5. The molecule has 1 spiro atoms. The second-order valence-electron chi connectivity index (χ2n) is 7.92. The number of nitrogens with zero attached hydrogens (tertiary/aromatic N) is 3. The molecular formula is C19H19ClF3N3O. The predicted molar refractivity (Wildman–Crippen MR) is 95.6 cm³/mol. The van der Waals surface area contributed by atoms with Gasteiger partial charge in [0.15, 0.2) is 5.69 Å². The molecule has 1 aliphatic carbocycles. The number of aliphatic hydroxyl groups excluding tert-OH is 1. The van der Waals surface area contributed by atoms with E-state index in [2.05, 4.69) is 9.97 Å². The Hall–Kier alpha value is -1.86. The van der Waals surface area contributed by atoms with Gasteiger partial charge in [0.25, 0.3) is 0 Å². The minimum Gasteiger partial charge on any atom is -0.396 e. The van der Waals surface area contributed by atoms with Crippen LogP contribution in [-0.2, 0) is 12.6 Å². The Morgan fingerprint density at radius 1 is 1.22 bits per heavy atom. The van der Waals surface area contributed by atoms with E-state index >= 15 is 0 Å². The van der Waals surface area contributed by atoms with Crippen molar-refractivity contribution < 1.29 is 18.3 Å². The maximum Gasteiger partial charge on any atom is 0.435 e. The number of alkyl halides is 3. The quantitative estimate of drug-likeness (QED) is 0.848. The third-order valence-electron chi connectivity index (χ3n) is 5.63. The fraction of sp³-hybridized carbons (Fsp3) is 0.474. The summed E-state index contributed by atoms with van der Waals surface area (Å²) in [4.78, 5) is 9.30. The molecule has 2 aromatic heterocycles. The van der Waals surface area contributed by atoms with Crippen LogP contribution in [-0.4, -0.2) is 34.8 Å². The highest BCUT2D eigenvalue weighted by atomic mass is 35.5. The number of rotatable bonds is 4. The fourth-order valence-electron chi connectivity index (χ4n) is 4.81. The SMILES string of the molecule is OCC1(Cc2cccnc2)CC2(CN(c3cc(Cl)cnc3C(F)(F)F)C2)C1. The minimum atomic E-state index is -4.52. The minimum absolute atomic E-state index is 0.0365. The number of aromatic nitrogens is 2. The van der Waals surface area contributed by atoms with Crippen LogP contribution in [0.2, 0.25) is 5.02 Å². The summed E-state index contributed by atoms with van der Waals surface area (Å²) in [5, 5.41) is 10.1.